The summed E-state index contributed by atoms with van der Waals surface area (Å²) in [6, 6.07) is -0.697. The fourth-order valence-electron chi connectivity index (χ4n) is 2.13. The third-order valence-electron chi connectivity index (χ3n) is 3.63. The molecule has 0 saturated carbocycles. The van der Waals surface area contributed by atoms with Gasteiger partial charge < -0.3 is 9.64 Å². The van der Waals surface area contributed by atoms with E-state index in [2.05, 4.69) is 0 Å². The van der Waals surface area contributed by atoms with Crippen molar-refractivity contribution in [3.63, 3.8) is 0 Å². The second kappa shape index (κ2) is 5.59. The molecule has 1 rings (SSSR count). The van der Waals surface area contributed by atoms with Gasteiger partial charge in [0, 0.05) is 12.8 Å². The topological polar surface area (TPSA) is 80.8 Å². The molecule has 21 heavy (non-hydrogen) atoms. The molecule has 1 fully saturated rings. The van der Waals surface area contributed by atoms with Gasteiger partial charge in [0.1, 0.15) is 16.4 Å². The minimum absolute atomic E-state index is 0.377. The Labute approximate surface area is 126 Å². The van der Waals surface area contributed by atoms with E-state index in [9.17, 15) is 18.0 Å². The molecular formula is C14H25NO5S. The number of hydrogen-bond acceptors (Lipinski definition) is 5. The molecular weight excluding hydrogens is 294 g/mol. The normalized spacial score (nSPS) is 20.5. The van der Waals surface area contributed by atoms with Crippen LogP contribution >= 0.6 is 0 Å². The summed E-state index contributed by atoms with van der Waals surface area (Å²) in [5, 5.41) is 0. The number of esters is 1. The zero-order valence-electron chi connectivity index (χ0n) is 13.6. The lowest BCUT2D eigenvalue weighted by Crippen LogP contribution is -2.53. The van der Waals surface area contributed by atoms with Crippen molar-refractivity contribution in [1.82, 2.24) is 4.90 Å². The first-order valence-corrected chi connectivity index (χ1v) is 8.90. The van der Waals surface area contributed by atoms with Gasteiger partial charge in [-0.25, -0.2) is 13.2 Å². The Hall–Kier alpha value is -1.11. The van der Waals surface area contributed by atoms with Crippen LogP contribution in [0.25, 0.3) is 0 Å². The molecule has 0 aromatic carbocycles. The first-order chi connectivity index (χ1) is 9.27. The van der Waals surface area contributed by atoms with E-state index in [1.807, 2.05) is 0 Å². The van der Waals surface area contributed by atoms with E-state index in [0.29, 0.717) is 19.4 Å². The Bertz CT molecular complexity index is 530. The Morgan fingerprint density at radius 1 is 1.14 bits per heavy atom. The van der Waals surface area contributed by atoms with Crippen LogP contribution in [0.3, 0.4) is 0 Å². The van der Waals surface area contributed by atoms with Crippen molar-refractivity contribution in [1.29, 1.82) is 0 Å². The molecule has 1 saturated heterocycles. The predicted molar refractivity (Wildman–Crippen MR) is 79.5 cm³/mol. The van der Waals surface area contributed by atoms with Gasteiger partial charge in [-0.2, -0.15) is 0 Å². The number of nitrogens with zero attached hydrogens (tertiary/aromatic N) is 1. The number of ether oxygens (including phenoxy) is 1. The summed E-state index contributed by atoms with van der Waals surface area (Å²) in [7, 11) is -3.57. The van der Waals surface area contributed by atoms with Crippen LogP contribution in [0, 0.1) is 0 Å². The first-order valence-electron chi connectivity index (χ1n) is 7.01. The molecule has 1 atom stereocenters. The molecule has 1 aliphatic heterocycles. The van der Waals surface area contributed by atoms with Crippen LogP contribution in [0.2, 0.25) is 0 Å². The molecule has 0 aromatic rings. The maximum atomic E-state index is 12.5. The molecule has 122 valence electrons. The zero-order chi connectivity index (χ0) is 16.6. The molecule has 0 N–H and O–H groups in total. The van der Waals surface area contributed by atoms with Crippen LogP contribution < -0.4 is 0 Å². The van der Waals surface area contributed by atoms with E-state index in [1.165, 1.54) is 18.7 Å². The Balaban J connectivity index is 2.97. The van der Waals surface area contributed by atoms with Crippen molar-refractivity contribution in [3.8, 4) is 0 Å². The van der Waals surface area contributed by atoms with Crippen molar-refractivity contribution in [2.24, 2.45) is 0 Å². The molecule has 7 heteroatoms. The zero-order valence-corrected chi connectivity index (χ0v) is 14.4. The summed E-state index contributed by atoms with van der Waals surface area (Å²) < 4.78 is 27.4. The minimum atomic E-state index is -3.57. The third kappa shape index (κ3) is 3.96. The highest BCUT2D eigenvalue weighted by Gasteiger charge is 2.46. The van der Waals surface area contributed by atoms with E-state index in [-0.39, 0.29) is 0 Å². The van der Waals surface area contributed by atoms with Gasteiger partial charge in [-0.3, -0.25) is 4.79 Å². The van der Waals surface area contributed by atoms with Gasteiger partial charge >= 0.3 is 5.97 Å². The number of hydrogen-bond donors (Lipinski definition) is 0. The second-order valence-electron chi connectivity index (χ2n) is 6.97. The van der Waals surface area contributed by atoms with E-state index >= 15 is 0 Å². The van der Waals surface area contributed by atoms with Crippen LogP contribution in [0.15, 0.2) is 0 Å². The molecule has 0 aromatic heterocycles. The number of amides is 1. The highest BCUT2D eigenvalue weighted by Crippen LogP contribution is 2.27. The van der Waals surface area contributed by atoms with Crippen LogP contribution in [-0.4, -0.2) is 54.4 Å². The van der Waals surface area contributed by atoms with Crippen molar-refractivity contribution < 1.29 is 22.7 Å². The lowest BCUT2D eigenvalue weighted by molar-refractivity contribution is -0.163. The molecule has 0 bridgehead atoms. The Morgan fingerprint density at radius 3 is 2.10 bits per heavy atom. The summed E-state index contributed by atoms with van der Waals surface area (Å²) in [6.45, 7) is 8.39. The van der Waals surface area contributed by atoms with Crippen LogP contribution in [0.1, 0.15) is 47.5 Å². The molecule has 0 unspecified atom stereocenters. The summed E-state index contributed by atoms with van der Waals surface area (Å²) in [5.41, 5.74) is -0.638. The van der Waals surface area contributed by atoms with E-state index < -0.39 is 38.1 Å². The number of rotatable bonds is 3. The smallest absolute Gasteiger partial charge is 0.329 e. The number of sulfone groups is 1. The lowest BCUT2D eigenvalue weighted by Gasteiger charge is -2.32. The number of carbonyl (C=O) groups excluding carboxylic acids is 2. The lowest BCUT2D eigenvalue weighted by atomic mass is 10.1. The average molecular weight is 319 g/mol. The van der Waals surface area contributed by atoms with Crippen LogP contribution in [0.5, 0.6) is 0 Å². The second-order valence-corrected chi connectivity index (χ2v) is 9.54. The molecule has 0 spiro atoms. The Kier molecular flexibility index (Phi) is 4.77. The highest BCUT2D eigenvalue weighted by atomic mass is 32.2. The van der Waals surface area contributed by atoms with Gasteiger partial charge in [0.15, 0.2) is 9.84 Å². The van der Waals surface area contributed by atoms with Crippen molar-refractivity contribution in [2.45, 2.75) is 63.9 Å². The van der Waals surface area contributed by atoms with Gasteiger partial charge in [0.05, 0.1) is 0 Å². The van der Waals surface area contributed by atoms with Crippen molar-refractivity contribution in [3.05, 3.63) is 0 Å². The van der Waals surface area contributed by atoms with Gasteiger partial charge in [-0.05, 0) is 47.5 Å². The molecule has 0 aliphatic carbocycles. The maximum absolute atomic E-state index is 12.5. The van der Waals surface area contributed by atoms with Crippen molar-refractivity contribution in [2.75, 3.05) is 12.8 Å². The van der Waals surface area contributed by atoms with E-state index in [0.717, 1.165) is 6.26 Å². The van der Waals surface area contributed by atoms with E-state index in [4.69, 9.17) is 4.74 Å². The number of likely N-dealkylation sites (tertiary alicyclic amines) is 1. The quantitative estimate of drug-likeness (QED) is 0.729. The minimum Gasteiger partial charge on any atom is -0.458 e. The monoisotopic (exact) mass is 319 g/mol. The van der Waals surface area contributed by atoms with Crippen molar-refractivity contribution >= 4 is 21.7 Å². The fourth-order valence-corrected chi connectivity index (χ4v) is 2.56. The Morgan fingerprint density at radius 2 is 1.67 bits per heavy atom. The molecule has 1 heterocycles. The van der Waals surface area contributed by atoms with Gasteiger partial charge in [-0.1, -0.05) is 0 Å². The van der Waals surface area contributed by atoms with Gasteiger partial charge in [-0.15, -0.1) is 0 Å². The average Bonchev–Trinajstić information content (AvgIpc) is 2.72. The summed E-state index contributed by atoms with van der Waals surface area (Å²) >= 11 is 0. The first kappa shape index (κ1) is 17.9. The molecule has 1 aliphatic rings. The SMILES string of the molecule is CC(C)(C)OC(=O)[C@@H]1CCCN1C(=O)C(C)(C)S(C)(=O)=O. The van der Waals surface area contributed by atoms with Crippen LogP contribution in [-0.2, 0) is 24.2 Å². The largest absolute Gasteiger partial charge is 0.458 e. The molecule has 1 amide bonds. The highest BCUT2D eigenvalue weighted by molar-refractivity contribution is 7.92. The summed E-state index contributed by atoms with van der Waals surface area (Å²) in [6.07, 6.45) is 2.19. The predicted octanol–water partition coefficient (Wildman–Crippen LogP) is 1.14. The summed E-state index contributed by atoms with van der Waals surface area (Å²) in [4.78, 5) is 26.1. The third-order valence-corrected chi connectivity index (χ3v) is 5.66. The standard InChI is InChI=1S/C14H25NO5S/c1-13(2,3)20-11(16)10-8-7-9-15(10)12(17)14(4,5)21(6,18)19/h10H,7-9H2,1-6H3/t10-/m0/s1. The molecule has 6 nitrogen and oxygen atoms in total. The van der Waals surface area contributed by atoms with Gasteiger partial charge in [0.25, 0.3) is 0 Å². The number of carbonyl (C=O) groups is 2. The fraction of sp³-hybridized carbons (Fsp3) is 0.857. The maximum Gasteiger partial charge on any atom is 0.329 e. The van der Waals surface area contributed by atoms with E-state index in [1.54, 1.807) is 20.8 Å². The van der Waals surface area contributed by atoms with Gasteiger partial charge in [0.2, 0.25) is 5.91 Å². The molecule has 0 radical (unpaired) electrons. The van der Waals surface area contributed by atoms with Crippen LogP contribution in [0.4, 0.5) is 0 Å². The summed E-state index contributed by atoms with van der Waals surface area (Å²) in [5.74, 6) is -1.02.